The van der Waals surface area contributed by atoms with Gasteiger partial charge in [-0.25, -0.2) is 0 Å². The fourth-order valence-electron chi connectivity index (χ4n) is 4.32. The van der Waals surface area contributed by atoms with Gasteiger partial charge in [-0.15, -0.1) is 0 Å². The standard InChI is InChI=1S/C18H36N2O/c1-2-11-19-15-18(9-5-3-4-6-10-18)16-20-12-7-8-17(13-20)14-21/h17,19,21H,2-16H2,1H3. The zero-order valence-corrected chi connectivity index (χ0v) is 14.1. The monoisotopic (exact) mass is 296 g/mol. The second-order valence-electron chi connectivity index (χ2n) is 7.52. The molecule has 0 aromatic carbocycles. The van der Waals surface area contributed by atoms with Gasteiger partial charge < -0.3 is 15.3 Å². The van der Waals surface area contributed by atoms with Crippen molar-refractivity contribution in [2.24, 2.45) is 11.3 Å². The molecule has 21 heavy (non-hydrogen) atoms. The van der Waals surface area contributed by atoms with Crippen LogP contribution in [0.15, 0.2) is 0 Å². The number of hydrogen-bond donors (Lipinski definition) is 2. The SMILES string of the molecule is CCCNCC1(CN2CCCC(CO)C2)CCCCCC1. The number of rotatable bonds is 7. The third-order valence-electron chi connectivity index (χ3n) is 5.51. The molecule has 1 unspecified atom stereocenters. The van der Waals surface area contributed by atoms with Crippen molar-refractivity contribution in [2.75, 3.05) is 39.3 Å². The summed E-state index contributed by atoms with van der Waals surface area (Å²) < 4.78 is 0. The van der Waals surface area contributed by atoms with E-state index in [1.807, 2.05) is 0 Å². The summed E-state index contributed by atoms with van der Waals surface area (Å²) in [5, 5.41) is 13.2. The van der Waals surface area contributed by atoms with Crippen molar-refractivity contribution in [3.8, 4) is 0 Å². The van der Waals surface area contributed by atoms with Crippen LogP contribution in [0.25, 0.3) is 0 Å². The fourth-order valence-corrected chi connectivity index (χ4v) is 4.32. The Morgan fingerprint density at radius 2 is 1.90 bits per heavy atom. The van der Waals surface area contributed by atoms with Crippen LogP contribution in [0.5, 0.6) is 0 Å². The largest absolute Gasteiger partial charge is 0.396 e. The molecular weight excluding hydrogens is 260 g/mol. The summed E-state index contributed by atoms with van der Waals surface area (Å²) in [7, 11) is 0. The Morgan fingerprint density at radius 1 is 1.14 bits per heavy atom. The lowest BCUT2D eigenvalue weighted by Gasteiger charge is -2.41. The average Bonchev–Trinajstić information content (AvgIpc) is 2.74. The Hall–Kier alpha value is -0.120. The van der Waals surface area contributed by atoms with E-state index in [1.165, 1.54) is 77.4 Å². The Kier molecular flexibility index (Phi) is 7.48. The van der Waals surface area contributed by atoms with Gasteiger partial charge in [0, 0.05) is 26.2 Å². The molecule has 1 saturated carbocycles. The van der Waals surface area contributed by atoms with Crippen molar-refractivity contribution in [1.82, 2.24) is 10.2 Å². The van der Waals surface area contributed by atoms with Gasteiger partial charge >= 0.3 is 0 Å². The predicted molar refractivity (Wildman–Crippen MR) is 89.5 cm³/mol. The van der Waals surface area contributed by atoms with Crippen molar-refractivity contribution in [1.29, 1.82) is 0 Å². The van der Waals surface area contributed by atoms with Gasteiger partial charge in [-0.05, 0) is 56.5 Å². The number of aliphatic hydroxyl groups is 1. The molecule has 1 aliphatic heterocycles. The third kappa shape index (κ3) is 5.54. The van der Waals surface area contributed by atoms with Crippen LogP contribution in [0.2, 0.25) is 0 Å². The van der Waals surface area contributed by atoms with E-state index in [-0.39, 0.29) is 0 Å². The Labute approximate surface area is 131 Å². The number of hydrogen-bond acceptors (Lipinski definition) is 3. The lowest BCUT2D eigenvalue weighted by Crippen LogP contribution is -2.47. The zero-order valence-electron chi connectivity index (χ0n) is 14.1. The maximum atomic E-state index is 9.46. The number of likely N-dealkylation sites (tertiary alicyclic amines) is 1. The molecule has 2 N–H and O–H groups in total. The van der Waals surface area contributed by atoms with Crippen LogP contribution in [0, 0.1) is 11.3 Å². The molecule has 0 aromatic heterocycles. The first-order chi connectivity index (χ1) is 10.3. The highest BCUT2D eigenvalue weighted by Gasteiger charge is 2.34. The minimum atomic E-state index is 0.373. The highest BCUT2D eigenvalue weighted by molar-refractivity contribution is 4.88. The maximum Gasteiger partial charge on any atom is 0.0471 e. The first-order valence-electron chi connectivity index (χ1n) is 9.32. The zero-order chi connectivity index (χ0) is 15.0. The van der Waals surface area contributed by atoms with E-state index in [4.69, 9.17) is 0 Å². The molecule has 2 fully saturated rings. The molecule has 0 amide bonds. The molecule has 2 aliphatic rings. The van der Waals surface area contributed by atoms with Crippen LogP contribution in [-0.4, -0.2) is 49.3 Å². The Balaban J connectivity index is 1.93. The van der Waals surface area contributed by atoms with E-state index in [9.17, 15) is 5.11 Å². The molecule has 1 heterocycles. The number of nitrogens with one attached hydrogen (secondary N) is 1. The molecule has 1 atom stereocenters. The summed E-state index contributed by atoms with van der Waals surface area (Å²) in [6, 6.07) is 0. The second kappa shape index (κ2) is 9.12. The first-order valence-corrected chi connectivity index (χ1v) is 9.32. The van der Waals surface area contributed by atoms with Crippen molar-refractivity contribution in [2.45, 2.75) is 64.7 Å². The van der Waals surface area contributed by atoms with E-state index in [1.54, 1.807) is 0 Å². The molecule has 3 heteroatoms. The molecule has 3 nitrogen and oxygen atoms in total. The normalized spacial score (nSPS) is 27.4. The van der Waals surface area contributed by atoms with Crippen LogP contribution in [-0.2, 0) is 0 Å². The van der Waals surface area contributed by atoms with Gasteiger partial charge in [0.1, 0.15) is 0 Å². The van der Waals surface area contributed by atoms with Crippen LogP contribution >= 0.6 is 0 Å². The van der Waals surface area contributed by atoms with Gasteiger partial charge in [0.05, 0.1) is 0 Å². The van der Waals surface area contributed by atoms with E-state index >= 15 is 0 Å². The smallest absolute Gasteiger partial charge is 0.0471 e. The van der Waals surface area contributed by atoms with E-state index in [2.05, 4.69) is 17.1 Å². The van der Waals surface area contributed by atoms with E-state index in [0.29, 0.717) is 17.9 Å². The van der Waals surface area contributed by atoms with Crippen molar-refractivity contribution in [3.05, 3.63) is 0 Å². The fraction of sp³-hybridized carbons (Fsp3) is 1.00. The predicted octanol–water partition coefficient (Wildman–Crippen LogP) is 3.03. The van der Waals surface area contributed by atoms with Gasteiger partial charge in [0.15, 0.2) is 0 Å². The molecule has 2 rings (SSSR count). The minimum Gasteiger partial charge on any atom is -0.396 e. The quantitative estimate of drug-likeness (QED) is 0.560. The highest BCUT2D eigenvalue weighted by atomic mass is 16.3. The lowest BCUT2D eigenvalue weighted by molar-refractivity contribution is 0.0691. The van der Waals surface area contributed by atoms with Gasteiger partial charge in [-0.1, -0.05) is 32.6 Å². The number of piperidine rings is 1. The Morgan fingerprint density at radius 3 is 2.57 bits per heavy atom. The van der Waals surface area contributed by atoms with Crippen LogP contribution in [0.1, 0.15) is 64.7 Å². The summed E-state index contributed by atoms with van der Waals surface area (Å²) >= 11 is 0. The average molecular weight is 296 g/mol. The highest BCUT2D eigenvalue weighted by Crippen LogP contribution is 2.36. The van der Waals surface area contributed by atoms with Gasteiger partial charge in [-0.2, -0.15) is 0 Å². The first kappa shape index (κ1) is 17.2. The molecule has 124 valence electrons. The maximum absolute atomic E-state index is 9.46. The summed E-state index contributed by atoms with van der Waals surface area (Å²) in [5.74, 6) is 0.519. The lowest BCUT2D eigenvalue weighted by atomic mass is 9.79. The van der Waals surface area contributed by atoms with Gasteiger partial charge in [0.25, 0.3) is 0 Å². The van der Waals surface area contributed by atoms with E-state index < -0.39 is 0 Å². The molecule has 0 aromatic rings. The number of aliphatic hydroxyl groups excluding tert-OH is 1. The molecule has 1 aliphatic carbocycles. The molecule has 1 saturated heterocycles. The van der Waals surface area contributed by atoms with Crippen molar-refractivity contribution < 1.29 is 5.11 Å². The van der Waals surface area contributed by atoms with Gasteiger partial charge in [-0.3, -0.25) is 0 Å². The summed E-state index contributed by atoms with van der Waals surface area (Å²) in [5.41, 5.74) is 0.489. The summed E-state index contributed by atoms with van der Waals surface area (Å²) in [6.07, 6.45) is 12.2. The van der Waals surface area contributed by atoms with Crippen molar-refractivity contribution >= 4 is 0 Å². The van der Waals surface area contributed by atoms with Gasteiger partial charge in [0.2, 0.25) is 0 Å². The molecule has 0 bridgehead atoms. The summed E-state index contributed by atoms with van der Waals surface area (Å²) in [6.45, 7) is 8.58. The van der Waals surface area contributed by atoms with Crippen molar-refractivity contribution in [3.63, 3.8) is 0 Å². The third-order valence-corrected chi connectivity index (χ3v) is 5.51. The van der Waals surface area contributed by atoms with Crippen LogP contribution in [0.3, 0.4) is 0 Å². The second-order valence-corrected chi connectivity index (χ2v) is 7.52. The molecule has 0 radical (unpaired) electrons. The minimum absolute atomic E-state index is 0.373. The van der Waals surface area contributed by atoms with Crippen LogP contribution < -0.4 is 5.32 Å². The topological polar surface area (TPSA) is 35.5 Å². The Bertz CT molecular complexity index is 274. The summed E-state index contributed by atoms with van der Waals surface area (Å²) in [4.78, 5) is 2.66. The van der Waals surface area contributed by atoms with Crippen LogP contribution in [0.4, 0.5) is 0 Å². The number of nitrogens with zero attached hydrogens (tertiary/aromatic N) is 1. The molecular formula is C18H36N2O. The molecule has 0 spiro atoms. The van der Waals surface area contributed by atoms with E-state index in [0.717, 1.165) is 13.1 Å².